The Labute approximate surface area is 116 Å². The Bertz CT molecular complexity index is 299. The van der Waals surface area contributed by atoms with E-state index in [0.717, 1.165) is 32.2 Å². The van der Waals surface area contributed by atoms with Crippen molar-refractivity contribution in [3.63, 3.8) is 0 Å². The van der Waals surface area contributed by atoms with E-state index in [-0.39, 0.29) is 0 Å². The second-order valence-corrected chi connectivity index (χ2v) is 6.17. The van der Waals surface area contributed by atoms with Gasteiger partial charge in [-0.2, -0.15) is 0 Å². The molecule has 1 aliphatic heterocycles. The minimum atomic E-state index is -0.684. The summed E-state index contributed by atoms with van der Waals surface area (Å²) in [5.41, 5.74) is -0.684. The highest BCUT2D eigenvalue weighted by Gasteiger charge is 2.40. The van der Waals surface area contributed by atoms with E-state index in [4.69, 9.17) is 0 Å². The van der Waals surface area contributed by atoms with Crippen molar-refractivity contribution in [2.45, 2.75) is 69.9 Å². The Morgan fingerprint density at radius 3 is 2.53 bits per heavy atom. The Balaban J connectivity index is 1.79. The molecule has 4 heteroatoms. The van der Waals surface area contributed by atoms with Crippen LogP contribution in [-0.2, 0) is 4.79 Å². The van der Waals surface area contributed by atoms with Crippen molar-refractivity contribution in [3.05, 3.63) is 0 Å². The lowest BCUT2D eigenvalue weighted by atomic mass is 9.90. The molecule has 19 heavy (non-hydrogen) atoms. The standard InChI is InChI=1S/C15H28N2O2/c1-2-15(14(18)19,16-13-7-8-13)9-6-12-17-10-4-3-5-11-17/h13,16H,2-12H2,1H3,(H,18,19). The number of nitrogens with one attached hydrogen (secondary N) is 1. The van der Waals surface area contributed by atoms with Crippen LogP contribution in [-0.4, -0.2) is 47.2 Å². The van der Waals surface area contributed by atoms with Gasteiger partial charge in [-0.3, -0.25) is 10.1 Å². The first-order valence-corrected chi connectivity index (χ1v) is 7.90. The summed E-state index contributed by atoms with van der Waals surface area (Å²) in [4.78, 5) is 14.1. The molecule has 2 aliphatic rings. The summed E-state index contributed by atoms with van der Waals surface area (Å²) in [5, 5.41) is 12.9. The van der Waals surface area contributed by atoms with Gasteiger partial charge in [-0.25, -0.2) is 0 Å². The fraction of sp³-hybridized carbons (Fsp3) is 0.933. The Morgan fingerprint density at radius 2 is 2.00 bits per heavy atom. The van der Waals surface area contributed by atoms with Crippen LogP contribution in [0.1, 0.15) is 58.3 Å². The van der Waals surface area contributed by atoms with Crippen LogP contribution in [0.25, 0.3) is 0 Å². The zero-order valence-electron chi connectivity index (χ0n) is 12.2. The van der Waals surface area contributed by atoms with E-state index < -0.39 is 11.5 Å². The van der Waals surface area contributed by atoms with Crippen molar-refractivity contribution >= 4 is 5.97 Å². The lowest BCUT2D eigenvalue weighted by molar-refractivity contribution is -0.145. The molecule has 0 amide bonds. The third-order valence-electron chi connectivity index (χ3n) is 4.60. The maximum Gasteiger partial charge on any atom is 0.323 e. The molecule has 1 unspecified atom stereocenters. The van der Waals surface area contributed by atoms with Gasteiger partial charge in [0.1, 0.15) is 5.54 Å². The average Bonchev–Trinajstić information content (AvgIpc) is 3.22. The summed E-state index contributed by atoms with van der Waals surface area (Å²) in [5.74, 6) is -0.666. The zero-order chi connectivity index (χ0) is 13.7. The number of likely N-dealkylation sites (tertiary alicyclic amines) is 1. The molecule has 1 atom stereocenters. The summed E-state index contributed by atoms with van der Waals surface area (Å²) >= 11 is 0. The molecule has 0 spiro atoms. The minimum Gasteiger partial charge on any atom is -0.480 e. The Morgan fingerprint density at radius 1 is 1.32 bits per heavy atom. The van der Waals surface area contributed by atoms with Gasteiger partial charge < -0.3 is 10.0 Å². The number of rotatable bonds is 8. The maximum absolute atomic E-state index is 11.6. The van der Waals surface area contributed by atoms with E-state index in [2.05, 4.69) is 10.2 Å². The number of hydrogen-bond acceptors (Lipinski definition) is 3. The van der Waals surface area contributed by atoms with Gasteiger partial charge >= 0.3 is 5.97 Å². The normalized spacial score (nSPS) is 24.1. The van der Waals surface area contributed by atoms with Crippen molar-refractivity contribution < 1.29 is 9.90 Å². The number of piperidine rings is 1. The monoisotopic (exact) mass is 268 g/mol. The Hall–Kier alpha value is -0.610. The third-order valence-corrected chi connectivity index (χ3v) is 4.60. The van der Waals surface area contributed by atoms with Crippen LogP contribution in [0, 0.1) is 0 Å². The maximum atomic E-state index is 11.6. The molecule has 1 heterocycles. The summed E-state index contributed by atoms with van der Waals surface area (Å²) < 4.78 is 0. The zero-order valence-corrected chi connectivity index (χ0v) is 12.2. The SMILES string of the molecule is CCC(CCCN1CCCCC1)(NC1CC1)C(=O)O. The topological polar surface area (TPSA) is 52.6 Å². The molecule has 2 rings (SSSR count). The molecule has 0 radical (unpaired) electrons. The van der Waals surface area contributed by atoms with E-state index in [1.807, 2.05) is 6.92 Å². The molecule has 2 N–H and O–H groups in total. The number of nitrogens with zero attached hydrogens (tertiary/aromatic N) is 1. The van der Waals surface area contributed by atoms with Crippen LogP contribution in [0.15, 0.2) is 0 Å². The van der Waals surface area contributed by atoms with Gasteiger partial charge in [-0.15, -0.1) is 0 Å². The molecule has 0 aromatic rings. The fourth-order valence-corrected chi connectivity index (χ4v) is 3.08. The molecule has 0 aromatic carbocycles. The van der Waals surface area contributed by atoms with Crippen LogP contribution in [0.5, 0.6) is 0 Å². The molecule has 1 saturated carbocycles. The number of carboxylic acid groups (broad SMARTS) is 1. The lowest BCUT2D eigenvalue weighted by Crippen LogP contribution is -2.53. The highest BCUT2D eigenvalue weighted by atomic mass is 16.4. The molecule has 2 fully saturated rings. The molecule has 1 aliphatic carbocycles. The van der Waals surface area contributed by atoms with Crippen LogP contribution >= 0.6 is 0 Å². The molecular weight excluding hydrogens is 240 g/mol. The number of carbonyl (C=O) groups is 1. The van der Waals surface area contributed by atoms with Gasteiger partial charge in [-0.05, 0) is 64.6 Å². The van der Waals surface area contributed by atoms with Crippen LogP contribution < -0.4 is 5.32 Å². The van der Waals surface area contributed by atoms with E-state index in [9.17, 15) is 9.90 Å². The quantitative estimate of drug-likeness (QED) is 0.709. The van der Waals surface area contributed by atoms with E-state index in [1.165, 1.54) is 32.4 Å². The van der Waals surface area contributed by atoms with E-state index in [1.54, 1.807) is 0 Å². The second kappa shape index (κ2) is 6.71. The van der Waals surface area contributed by atoms with Crippen LogP contribution in [0.3, 0.4) is 0 Å². The molecule has 4 nitrogen and oxygen atoms in total. The van der Waals surface area contributed by atoms with Crippen molar-refractivity contribution in [2.24, 2.45) is 0 Å². The fourth-order valence-electron chi connectivity index (χ4n) is 3.08. The van der Waals surface area contributed by atoms with E-state index in [0.29, 0.717) is 12.5 Å². The molecular formula is C15H28N2O2. The van der Waals surface area contributed by atoms with Crippen molar-refractivity contribution in [3.8, 4) is 0 Å². The summed E-state index contributed by atoms with van der Waals surface area (Å²) in [6.07, 6.45) is 8.66. The third kappa shape index (κ3) is 4.18. The average molecular weight is 268 g/mol. The first kappa shape index (κ1) is 14.8. The van der Waals surface area contributed by atoms with E-state index >= 15 is 0 Å². The first-order valence-electron chi connectivity index (χ1n) is 7.90. The largest absolute Gasteiger partial charge is 0.480 e. The van der Waals surface area contributed by atoms with Gasteiger partial charge in [0.2, 0.25) is 0 Å². The van der Waals surface area contributed by atoms with Crippen molar-refractivity contribution in [2.75, 3.05) is 19.6 Å². The summed E-state index contributed by atoms with van der Waals surface area (Å²) in [7, 11) is 0. The highest BCUT2D eigenvalue weighted by molar-refractivity contribution is 5.78. The number of aliphatic carboxylic acids is 1. The highest BCUT2D eigenvalue weighted by Crippen LogP contribution is 2.27. The van der Waals surface area contributed by atoms with Gasteiger partial charge in [0.05, 0.1) is 0 Å². The molecule has 110 valence electrons. The first-order chi connectivity index (χ1) is 9.16. The van der Waals surface area contributed by atoms with Gasteiger partial charge in [-0.1, -0.05) is 13.3 Å². The van der Waals surface area contributed by atoms with Gasteiger partial charge in [0.15, 0.2) is 0 Å². The smallest absolute Gasteiger partial charge is 0.323 e. The van der Waals surface area contributed by atoms with Crippen molar-refractivity contribution in [1.29, 1.82) is 0 Å². The minimum absolute atomic E-state index is 0.450. The van der Waals surface area contributed by atoms with Crippen LogP contribution in [0.2, 0.25) is 0 Å². The van der Waals surface area contributed by atoms with Gasteiger partial charge in [0, 0.05) is 6.04 Å². The van der Waals surface area contributed by atoms with Gasteiger partial charge in [0.25, 0.3) is 0 Å². The molecule has 0 aromatic heterocycles. The number of carboxylic acids is 1. The molecule has 0 bridgehead atoms. The summed E-state index contributed by atoms with van der Waals surface area (Å²) in [6, 6.07) is 0.450. The second-order valence-electron chi connectivity index (χ2n) is 6.17. The lowest BCUT2D eigenvalue weighted by Gasteiger charge is -2.32. The van der Waals surface area contributed by atoms with Crippen molar-refractivity contribution in [1.82, 2.24) is 10.2 Å². The number of hydrogen-bond donors (Lipinski definition) is 2. The predicted octanol–water partition coefficient (Wildman–Crippen LogP) is 2.24. The predicted molar refractivity (Wildman–Crippen MR) is 76.3 cm³/mol. The summed E-state index contributed by atoms with van der Waals surface area (Å²) in [6.45, 7) is 5.44. The molecule has 1 saturated heterocycles. The Kier molecular flexibility index (Phi) is 5.22. The van der Waals surface area contributed by atoms with Crippen LogP contribution in [0.4, 0.5) is 0 Å².